The van der Waals surface area contributed by atoms with Gasteiger partial charge in [0.05, 0.1) is 39.3 Å². The number of rotatable bonds is 10. The highest BCUT2D eigenvalue weighted by Crippen LogP contribution is 2.32. The van der Waals surface area contributed by atoms with Gasteiger partial charge in [-0.05, 0) is 47.9 Å². The lowest BCUT2D eigenvalue weighted by atomic mass is 10.1. The Labute approximate surface area is 193 Å². The zero-order valence-electron chi connectivity index (χ0n) is 18.9. The van der Waals surface area contributed by atoms with Gasteiger partial charge in [-0.15, -0.1) is 5.10 Å². The predicted molar refractivity (Wildman–Crippen MR) is 129 cm³/mol. The molecule has 1 fully saturated rings. The number of nitrogens with zero attached hydrogens (tertiary/aromatic N) is 3. The minimum atomic E-state index is -0.122. The first-order valence-corrected chi connectivity index (χ1v) is 11.4. The third-order valence-electron chi connectivity index (χ3n) is 5.10. The molecule has 0 N–H and O–H groups in total. The van der Waals surface area contributed by atoms with Gasteiger partial charge in [-0.3, -0.25) is 9.69 Å². The van der Waals surface area contributed by atoms with Gasteiger partial charge in [0.25, 0.3) is 0 Å². The van der Waals surface area contributed by atoms with Crippen molar-refractivity contribution >= 4 is 29.1 Å². The van der Waals surface area contributed by atoms with Crippen molar-refractivity contribution in [2.75, 3.05) is 21.3 Å². The molecule has 0 aromatic heterocycles. The smallest absolute Gasteiger partial charge is 0.242 e. The van der Waals surface area contributed by atoms with Crippen LogP contribution in [-0.2, 0) is 11.3 Å². The lowest BCUT2D eigenvalue weighted by molar-refractivity contribution is -0.126. The Balaban J connectivity index is 1.80. The molecule has 1 heterocycles. The summed E-state index contributed by atoms with van der Waals surface area (Å²) in [6.45, 7) is 2.57. The molecule has 2 aromatic carbocycles. The molecule has 0 aliphatic carbocycles. The highest BCUT2D eigenvalue weighted by Gasteiger charge is 2.37. The van der Waals surface area contributed by atoms with Crippen molar-refractivity contribution in [3.63, 3.8) is 0 Å². The molecule has 0 radical (unpaired) electrons. The first-order valence-electron chi connectivity index (χ1n) is 10.5. The van der Waals surface area contributed by atoms with E-state index in [1.165, 1.54) is 11.8 Å². The maximum atomic E-state index is 13.1. The highest BCUT2D eigenvalue weighted by molar-refractivity contribution is 8.15. The second-order valence-electron chi connectivity index (χ2n) is 7.26. The second-order valence-corrected chi connectivity index (χ2v) is 8.43. The van der Waals surface area contributed by atoms with Crippen LogP contribution in [0.4, 0.5) is 0 Å². The van der Waals surface area contributed by atoms with E-state index < -0.39 is 0 Å². The van der Waals surface area contributed by atoms with E-state index >= 15 is 0 Å². The molecule has 3 rings (SSSR count). The molecule has 1 unspecified atom stereocenters. The first-order chi connectivity index (χ1) is 15.6. The molecule has 0 spiro atoms. The van der Waals surface area contributed by atoms with Crippen molar-refractivity contribution in [2.24, 2.45) is 10.2 Å². The van der Waals surface area contributed by atoms with E-state index in [0.29, 0.717) is 23.2 Å². The molecular formula is C24H29N3O4S. The Morgan fingerprint density at radius 3 is 2.44 bits per heavy atom. The fourth-order valence-electron chi connectivity index (χ4n) is 3.30. The number of methoxy groups -OCH3 is 3. The van der Waals surface area contributed by atoms with Gasteiger partial charge in [0.2, 0.25) is 5.91 Å². The minimum absolute atomic E-state index is 0.0827. The molecule has 32 heavy (non-hydrogen) atoms. The van der Waals surface area contributed by atoms with Crippen LogP contribution in [0, 0.1) is 0 Å². The number of unbranched alkanes of at least 4 members (excludes halogenated alkanes) is 1. The lowest BCUT2D eigenvalue weighted by Gasteiger charge is -2.16. The summed E-state index contributed by atoms with van der Waals surface area (Å²) < 4.78 is 15.8. The molecule has 8 heteroatoms. The number of amidine groups is 1. The number of carbonyl (C=O) groups is 1. The van der Waals surface area contributed by atoms with Gasteiger partial charge in [-0.2, -0.15) is 5.10 Å². The Bertz CT molecular complexity index is 976. The predicted octanol–water partition coefficient (Wildman–Crippen LogP) is 4.74. The topological polar surface area (TPSA) is 72.7 Å². The normalized spacial score (nSPS) is 17.4. The zero-order chi connectivity index (χ0) is 22.9. The third-order valence-corrected chi connectivity index (χ3v) is 6.33. The first kappa shape index (κ1) is 23.7. The van der Waals surface area contributed by atoms with Crippen molar-refractivity contribution in [1.82, 2.24) is 4.90 Å². The van der Waals surface area contributed by atoms with Crippen molar-refractivity contribution < 1.29 is 19.0 Å². The Kier molecular flexibility index (Phi) is 8.56. The molecular weight excluding hydrogens is 426 g/mol. The number of ether oxygens (including phenoxy) is 3. The van der Waals surface area contributed by atoms with Crippen LogP contribution in [0.5, 0.6) is 17.2 Å². The van der Waals surface area contributed by atoms with Crippen molar-refractivity contribution in [3.05, 3.63) is 53.6 Å². The fourth-order valence-corrected chi connectivity index (χ4v) is 4.44. The summed E-state index contributed by atoms with van der Waals surface area (Å²) in [6.07, 6.45) is 4.52. The third kappa shape index (κ3) is 5.82. The van der Waals surface area contributed by atoms with Crippen LogP contribution in [0.1, 0.15) is 37.3 Å². The Morgan fingerprint density at radius 1 is 1.03 bits per heavy atom. The molecule has 2 aromatic rings. The number of benzene rings is 2. The largest absolute Gasteiger partial charge is 0.497 e. The Morgan fingerprint density at radius 2 is 1.78 bits per heavy atom. The molecule has 170 valence electrons. The SMILES string of the molecule is CCCCC1SC(=NN=Cc2ccc(OC)c(OC)c2)N(Cc2ccc(OC)cc2)C1=O. The van der Waals surface area contributed by atoms with Crippen LogP contribution in [0.25, 0.3) is 0 Å². The number of hydrogen-bond acceptors (Lipinski definition) is 7. The van der Waals surface area contributed by atoms with E-state index in [1.807, 2.05) is 42.5 Å². The summed E-state index contributed by atoms with van der Waals surface area (Å²) in [4.78, 5) is 14.8. The van der Waals surface area contributed by atoms with Gasteiger partial charge < -0.3 is 14.2 Å². The number of carbonyl (C=O) groups excluding carboxylic acids is 1. The van der Waals surface area contributed by atoms with E-state index in [4.69, 9.17) is 14.2 Å². The summed E-state index contributed by atoms with van der Waals surface area (Å²) in [7, 11) is 4.82. The van der Waals surface area contributed by atoms with E-state index in [9.17, 15) is 4.79 Å². The van der Waals surface area contributed by atoms with Gasteiger partial charge in [-0.25, -0.2) is 0 Å². The van der Waals surface area contributed by atoms with Crippen LogP contribution in [0.15, 0.2) is 52.7 Å². The standard InChI is InChI=1S/C24H29N3O4S/c1-5-6-7-22-23(28)27(16-17-8-11-19(29-2)12-9-17)24(32-22)26-25-15-18-10-13-20(30-3)21(14-18)31-4/h8-15,22H,5-7,16H2,1-4H3. The fraction of sp³-hybridized carbons (Fsp3) is 0.375. The van der Waals surface area contributed by atoms with Gasteiger partial charge in [0.1, 0.15) is 5.75 Å². The summed E-state index contributed by atoms with van der Waals surface area (Å²) in [5.74, 6) is 2.14. The lowest BCUT2D eigenvalue weighted by Crippen LogP contribution is -2.31. The number of amides is 1. The van der Waals surface area contributed by atoms with Crippen LogP contribution in [0.3, 0.4) is 0 Å². The van der Waals surface area contributed by atoms with Crippen LogP contribution in [0.2, 0.25) is 0 Å². The highest BCUT2D eigenvalue weighted by atomic mass is 32.2. The maximum absolute atomic E-state index is 13.1. The average molecular weight is 456 g/mol. The monoisotopic (exact) mass is 455 g/mol. The molecule has 1 amide bonds. The van der Waals surface area contributed by atoms with E-state index in [2.05, 4.69) is 17.1 Å². The van der Waals surface area contributed by atoms with Crippen LogP contribution < -0.4 is 14.2 Å². The molecule has 0 saturated carbocycles. The summed E-state index contributed by atoms with van der Waals surface area (Å²) in [5, 5.41) is 9.14. The van der Waals surface area contributed by atoms with Crippen molar-refractivity contribution in [1.29, 1.82) is 0 Å². The van der Waals surface area contributed by atoms with E-state index in [-0.39, 0.29) is 11.2 Å². The Hall–Kier alpha value is -3.00. The molecule has 1 aliphatic heterocycles. The van der Waals surface area contributed by atoms with E-state index in [0.717, 1.165) is 36.1 Å². The minimum Gasteiger partial charge on any atom is -0.497 e. The van der Waals surface area contributed by atoms with Crippen molar-refractivity contribution in [3.8, 4) is 17.2 Å². The average Bonchev–Trinajstić information content (AvgIpc) is 3.12. The van der Waals surface area contributed by atoms with Gasteiger partial charge in [-0.1, -0.05) is 43.7 Å². The van der Waals surface area contributed by atoms with Gasteiger partial charge >= 0.3 is 0 Å². The summed E-state index contributed by atoms with van der Waals surface area (Å²) >= 11 is 1.49. The molecule has 0 bridgehead atoms. The van der Waals surface area contributed by atoms with Gasteiger partial charge in [0.15, 0.2) is 16.7 Å². The summed E-state index contributed by atoms with van der Waals surface area (Å²) in [5.41, 5.74) is 1.83. The molecule has 1 saturated heterocycles. The molecule has 7 nitrogen and oxygen atoms in total. The number of hydrogen-bond donors (Lipinski definition) is 0. The zero-order valence-corrected chi connectivity index (χ0v) is 19.7. The number of thioether (sulfide) groups is 1. The summed E-state index contributed by atoms with van der Waals surface area (Å²) in [6, 6.07) is 13.2. The van der Waals surface area contributed by atoms with Gasteiger partial charge in [0, 0.05) is 0 Å². The van der Waals surface area contributed by atoms with Crippen molar-refractivity contribution in [2.45, 2.75) is 38.0 Å². The molecule has 1 aliphatic rings. The maximum Gasteiger partial charge on any atom is 0.242 e. The van der Waals surface area contributed by atoms with Crippen LogP contribution >= 0.6 is 11.8 Å². The van der Waals surface area contributed by atoms with E-state index in [1.54, 1.807) is 32.4 Å². The quantitative estimate of drug-likeness (QED) is 0.382. The second kappa shape index (κ2) is 11.6. The van der Waals surface area contributed by atoms with Crippen LogP contribution in [-0.4, -0.2) is 48.8 Å². The molecule has 1 atom stereocenters.